The van der Waals surface area contributed by atoms with Gasteiger partial charge in [0.15, 0.2) is 0 Å². The first-order valence-corrected chi connectivity index (χ1v) is 10.7. The van der Waals surface area contributed by atoms with Gasteiger partial charge in [-0.05, 0) is 41.7 Å². The minimum absolute atomic E-state index is 0.237. The molecular weight excluding hydrogens is 390 g/mol. The third-order valence-electron chi connectivity index (χ3n) is 5.64. The van der Waals surface area contributed by atoms with Gasteiger partial charge in [0.25, 0.3) is 0 Å². The predicted molar refractivity (Wildman–Crippen MR) is 120 cm³/mol. The molecule has 0 atom stereocenters. The van der Waals surface area contributed by atoms with E-state index < -0.39 is 5.97 Å². The number of aromatic nitrogens is 2. The van der Waals surface area contributed by atoms with Crippen molar-refractivity contribution in [1.29, 1.82) is 0 Å². The number of hydrogen-bond donors (Lipinski definition) is 1. The lowest BCUT2D eigenvalue weighted by molar-refractivity contribution is -0.147. The molecule has 0 amide bonds. The van der Waals surface area contributed by atoms with E-state index in [0.717, 1.165) is 36.1 Å². The summed E-state index contributed by atoms with van der Waals surface area (Å²) in [7, 11) is 0. The molecule has 1 aliphatic heterocycles. The van der Waals surface area contributed by atoms with Crippen LogP contribution in [0, 0.1) is 12.8 Å². The average molecular weight is 418 g/mol. The molecule has 6 heteroatoms. The van der Waals surface area contributed by atoms with E-state index in [9.17, 15) is 4.79 Å². The highest BCUT2D eigenvalue weighted by molar-refractivity contribution is 5.79. The number of aliphatic carboxylic acids is 1. The van der Waals surface area contributed by atoms with Crippen LogP contribution in [0.2, 0.25) is 0 Å². The Kier molecular flexibility index (Phi) is 6.28. The Morgan fingerprint density at radius 3 is 2.65 bits per heavy atom. The number of rotatable bonds is 8. The number of carbonyl (C=O) groups is 1. The van der Waals surface area contributed by atoms with Gasteiger partial charge in [0.2, 0.25) is 11.8 Å². The quantitative estimate of drug-likeness (QED) is 0.561. The SMILES string of the molecule is CCC/C(=C/c1nnc(-c2ccc(CN3CC(C(=O)O)C3)cc2C)o1)c1ccccc1. The molecule has 2 aromatic carbocycles. The molecule has 2 heterocycles. The van der Waals surface area contributed by atoms with E-state index in [-0.39, 0.29) is 5.92 Å². The van der Waals surface area contributed by atoms with Crippen LogP contribution in [0.1, 0.15) is 42.3 Å². The van der Waals surface area contributed by atoms with E-state index in [4.69, 9.17) is 9.52 Å². The van der Waals surface area contributed by atoms with Gasteiger partial charge in [-0.25, -0.2) is 0 Å². The Hall–Kier alpha value is -3.25. The number of carboxylic acid groups (broad SMARTS) is 1. The minimum atomic E-state index is -0.710. The zero-order valence-corrected chi connectivity index (χ0v) is 17.9. The minimum Gasteiger partial charge on any atom is -0.481 e. The Morgan fingerprint density at radius 1 is 1.19 bits per heavy atom. The van der Waals surface area contributed by atoms with E-state index in [1.54, 1.807) is 0 Å². The molecule has 4 rings (SSSR count). The molecule has 3 aromatic rings. The summed E-state index contributed by atoms with van der Waals surface area (Å²) < 4.78 is 5.97. The van der Waals surface area contributed by atoms with Gasteiger partial charge >= 0.3 is 5.97 Å². The molecule has 31 heavy (non-hydrogen) atoms. The first kappa shape index (κ1) is 21.0. The summed E-state index contributed by atoms with van der Waals surface area (Å²) in [6, 6.07) is 16.4. The first-order valence-electron chi connectivity index (χ1n) is 10.7. The van der Waals surface area contributed by atoms with Crippen LogP contribution in [0.15, 0.2) is 52.9 Å². The molecule has 0 bridgehead atoms. The molecule has 1 N–H and O–H groups in total. The highest BCUT2D eigenvalue weighted by Gasteiger charge is 2.32. The summed E-state index contributed by atoms with van der Waals surface area (Å²) in [5.41, 5.74) is 5.47. The van der Waals surface area contributed by atoms with Crippen molar-refractivity contribution in [3.63, 3.8) is 0 Å². The van der Waals surface area contributed by atoms with Crippen molar-refractivity contribution in [3.05, 3.63) is 71.1 Å². The van der Waals surface area contributed by atoms with Crippen LogP contribution in [0.5, 0.6) is 0 Å². The fourth-order valence-electron chi connectivity index (χ4n) is 3.95. The molecule has 0 saturated carbocycles. The Balaban J connectivity index is 1.49. The second-order valence-corrected chi connectivity index (χ2v) is 8.11. The van der Waals surface area contributed by atoms with Crippen LogP contribution in [0.4, 0.5) is 0 Å². The van der Waals surface area contributed by atoms with Crippen LogP contribution in [-0.4, -0.2) is 39.3 Å². The van der Waals surface area contributed by atoms with Gasteiger partial charge in [-0.3, -0.25) is 9.69 Å². The van der Waals surface area contributed by atoms with Crippen molar-refractivity contribution in [2.24, 2.45) is 5.92 Å². The summed E-state index contributed by atoms with van der Waals surface area (Å²) in [5.74, 6) is 0.0669. The topological polar surface area (TPSA) is 79.5 Å². The predicted octanol–water partition coefficient (Wildman–Crippen LogP) is 4.90. The largest absolute Gasteiger partial charge is 0.481 e. The van der Waals surface area contributed by atoms with E-state index >= 15 is 0 Å². The van der Waals surface area contributed by atoms with Crippen LogP contribution in [0.25, 0.3) is 23.1 Å². The smallest absolute Gasteiger partial charge is 0.309 e. The molecule has 1 aliphatic rings. The fraction of sp³-hybridized carbons (Fsp3) is 0.320. The number of carboxylic acids is 1. The number of aryl methyl sites for hydroxylation is 1. The van der Waals surface area contributed by atoms with Gasteiger partial charge in [-0.15, -0.1) is 10.2 Å². The number of hydrogen-bond acceptors (Lipinski definition) is 5. The number of benzene rings is 2. The van der Waals surface area contributed by atoms with Gasteiger partial charge in [0, 0.05) is 31.3 Å². The summed E-state index contributed by atoms with van der Waals surface area (Å²) >= 11 is 0. The van der Waals surface area contributed by atoms with Crippen LogP contribution in [0.3, 0.4) is 0 Å². The van der Waals surface area contributed by atoms with Crippen LogP contribution < -0.4 is 0 Å². The molecule has 6 nitrogen and oxygen atoms in total. The first-order chi connectivity index (χ1) is 15.0. The van der Waals surface area contributed by atoms with Gasteiger partial charge in [0.1, 0.15) is 0 Å². The molecule has 0 spiro atoms. The van der Waals surface area contributed by atoms with Gasteiger partial charge in [-0.1, -0.05) is 55.8 Å². The van der Waals surface area contributed by atoms with E-state index in [1.165, 1.54) is 11.1 Å². The van der Waals surface area contributed by atoms with Crippen LogP contribution in [-0.2, 0) is 11.3 Å². The lowest BCUT2D eigenvalue weighted by Gasteiger charge is -2.36. The van der Waals surface area contributed by atoms with Gasteiger partial charge in [0.05, 0.1) is 5.92 Å². The number of likely N-dealkylation sites (tertiary alicyclic amines) is 1. The molecule has 160 valence electrons. The normalized spacial score (nSPS) is 15.1. The zero-order valence-electron chi connectivity index (χ0n) is 17.9. The fourth-order valence-corrected chi connectivity index (χ4v) is 3.95. The van der Waals surface area contributed by atoms with Crippen molar-refractivity contribution in [3.8, 4) is 11.5 Å². The van der Waals surface area contributed by atoms with Crippen molar-refractivity contribution in [2.45, 2.75) is 33.2 Å². The highest BCUT2D eigenvalue weighted by atomic mass is 16.4. The monoisotopic (exact) mass is 417 g/mol. The number of nitrogens with zero attached hydrogens (tertiary/aromatic N) is 3. The summed E-state index contributed by atoms with van der Waals surface area (Å²) in [6.45, 7) is 6.15. The molecule has 0 radical (unpaired) electrons. The van der Waals surface area contributed by atoms with E-state index in [1.807, 2.05) is 43.3 Å². The van der Waals surface area contributed by atoms with Crippen molar-refractivity contribution in [2.75, 3.05) is 13.1 Å². The Bertz CT molecular complexity index is 1080. The zero-order chi connectivity index (χ0) is 21.8. The van der Waals surface area contributed by atoms with E-state index in [2.05, 4.69) is 40.2 Å². The maximum Gasteiger partial charge on any atom is 0.309 e. The summed E-state index contributed by atoms with van der Waals surface area (Å²) in [5, 5.41) is 17.5. The van der Waals surface area contributed by atoms with Gasteiger partial charge < -0.3 is 9.52 Å². The van der Waals surface area contributed by atoms with E-state index in [0.29, 0.717) is 24.9 Å². The lowest BCUT2D eigenvalue weighted by Crippen LogP contribution is -2.49. The van der Waals surface area contributed by atoms with Crippen molar-refractivity contribution < 1.29 is 14.3 Å². The van der Waals surface area contributed by atoms with Crippen LogP contribution >= 0.6 is 0 Å². The standard InChI is InChI=1S/C25H27N3O3/c1-3-7-20(19-8-5-4-6-9-19)13-23-26-27-24(31-23)22-11-10-18(12-17(22)2)14-28-15-21(16-28)25(29)30/h4-6,8-13,21H,3,7,14-16H2,1-2H3,(H,29,30)/b20-13-. The van der Waals surface area contributed by atoms with Crippen molar-refractivity contribution in [1.82, 2.24) is 15.1 Å². The molecule has 1 aromatic heterocycles. The second-order valence-electron chi connectivity index (χ2n) is 8.11. The molecular formula is C25H27N3O3. The van der Waals surface area contributed by atoms with Gasteiger partial charge in [-0.2, -0.15) is 0 Å². The molecule has 1 fully saturated rings. The lowest BCUT2D eigenvalue weighted by atomic mass is 9.98. The third-order valence-corrected chi connectivity index (χ3v) is 5.64. The highest BCUT2D eigenvalue weighted by Crippen LogP contribution is 2.27. The summed E-state index contributed by atoms with van der Waals surface area (Å²) in [4.78, 5) is 13.1. The molecule has 0 aliphatic carbocycles. The molecule has 1 saturated heterocycles. The third kappa shape index (κ3) is 4.91. The number of allylic oxidation sites excluding steroid dienone is 1. The Labute approximate surface area is 182 Å². The maximum atomic E-state index is 11.0. The average Bonchev–Trinajstić information content (AvgIpc) is 3.19. The maximum absolute atomic E-state index is 11.0. The summed E-state index contributed by atoms with van der Waals surface area (Å²) in [6.07, 6.45) is 3.95. The Morgan fingerprint density at radius 2 is 1.97 bits per heavy atom. The molecule has 0 unspecified atom stereocenters. The van der Waals surface area contributed by atoms with Crippen molar-refractivity contribution >= 4 is 17.6 Å². The second kappa shape index (κ2) is 9.27.